The summed E-state index contributed by atoms with van der Waals surface area (Å²) in [5.74, 6) is 0.580. The van der Waals surface area contributed by atoms with Gasteiger partial charge in [-0.25, -0.2) is 9.97 Å². The summed E-state index contributed by atoms with van der Waals surface area (Å²) in [4.78, 5) is 24.9. The van der Waals surface area contributed by atoms with Crippen molar-refractivity contribution in [3.63, 3.8) is 0 Å². The smallest absolute Gasteiger partial charge is 0.246 e. The number of aliphatic hydroxyl groups excluding tert-OH is 1. The quantitative estimate of drug-likeness (QED) is 0.716. The molecular formula is C16H25N5O3. The standard InChI is InChI=1S/C16H25N5O3/c1-24-11-15(23)19-13-9-20(10-14(13)22)8-12-4-5-17-16(18-12)21-6-2-3-7-21/h4-5,13-14,22H,2-3,6-11H2,1H3,(H,19,23)/t13-,14-/m1/s1. The summed E-state index contributed by atoms with van der Waals surface area (Å²) in [7, 11) is 1.48. The summed E-state index contributed by atoms with van der Waals surface area (Å²) < 4.78 is 4.80. The Morgan fingerprint density at radius 2 is 2.21 bits per heavy atom. The number of aromatic nitrogens is 2. The van der Waals surface area contributed by atoms with Crippen LogP contribution in [0, 0.1) is 0 Å². The molecule has 1 aromatic rings. The van der Waals surface area contributed by atoms with Gasteiger partial charge in [0.15, 0.2) is 0 Å². The molecule has 0 radical (unpaired) electrons. The Bertz CT molecular complexity index is 564. The van der Waals surface area contributed by atoms with Crippen molar-refractivity contribution in [3.05, 3.63) is 18.0 Å². The van der Waals surface area contributed by atoms with Gasteiger partial charge in [-0.15, -0.1) is 0 Å². The molecule has 0 saturated carbocycles. The number of carbonyl (C=O) groups excluding carboxylic acids is 1. The monoisotopic (exact) mass is 335 g/mol. The Labute approximate surface area is 141 Å². The second kappa shape index (κ2) is 7.87. The first-order valence-electron chi connectivity index (χ1n) is 8.41. The lowest BCUT2D eigenvalue weighted by Gasteiger charge is -2.18. The lowest BCUT2D eigenvalue weighted by molar-refractivity contribution is -0.125. The van der Waals surface area contributed by atoms with Gasteiger partial charge in [-0.05, 0) is 18.9 Å². The molecule has 3 heterocycles. The number of carbonyl (C=O) groups is 1. The number of aliphatic hydroxyl groups is 1. The molecule has 3 rings (SSSR count). The number of hydrogen-bond acceptors (Lipinski definition) is 7. The molecule has 2 fully saturated rings. The normalized spacial score (nSPS) is 24.5. The summed E-state index contributed by atoms with van der Waals surface area (Å²) in [6.07, 6.45) is 3.59. The lowest BCUT2D eigenvalue weighted by Crippen LogP contribution is -2.44. The van der Waals surface area contributed by atoms with Gasteiger partial charge in [0.1, 0.15) is 6.61 Å². The van der Waals surface area contributed by atoms with E-state index in [9.17, 15) is 9.90 Å². The number of anilines is 1. The van der Waals surface area contributed by atoms with Crippen LogP contribution in [0.5, 0.6) is 0 Å². The van der Waals surface area contributed by atoms with Crippen molar-refractivity contribution in [1.29, 1.82) is 0 Å². The first-order chi connectivity index (χ1) is 11.7. The summed E-state index contributed by atoms with van der Waals surface area (Å²) in [5.41, 5.74) is 0.933. The van der Waals surface area contributed by atoms with Crippen molar-refractivity contribution in [2.24, 2.45) is 0 Å². The van der Waals surface area contributed by atoms with Crippen LogP contribution < -0.4 is 10.2 Å². The number of likely N-dealkylation sites (tertiary alicyclic amines) is 1. The Balaban J connectivity index is 1.56. The number of ether oxygens (including phenoxy) is 1. The average Bonchev–Trinajstić information content (AvgIpc) is 3.19. The Morgan fingerprint density at radius 3 is 2.96 bits per heavy atom. The lowest BCUT2D eigenvalue weighted by atomic mass is 10.2. The molecule has 2 atom stereocenters. The summed E-state index contributed by atoms with van der Waals surface area (Å²) in [6, 6.07) is 1.63. The minimum atomic E-state index is -0.578. The highest BCUT2D eigenvalue weighted by Gasteiger charge is 2.32. The van der Waals surface area contributed by atoms with Gasteiger partial charge in [-0.3, -0.25) is 9.69 Å². The number of hydrogen-bond donors (Lipinski definition) is 2. The Kier molecular flexibility index (Phi) is 5.60. The molecule has 1 aromatic heterocycles. The van der Waals surface area contributed by atoms with E-state index in [-0.39, 0.29) is 18.6 Å². The molecule has 132 valence electrons. The van der Waals surface area contributed by atoms with Crippen molar-refractivity contribution < 1.29 is 14.6 Å². The zero-order chi connectivity index (χ0) is 16.9. The van der Waals surface area contributed by atoms with Crippen LogP contribution in [0.15, 0.2) is 12.3 Å². The molecule has 2 saturated heterocycles. The second-order valence-corrected chi connectivity index (χ2v) is 6.41. The van der Waals surface area contributed by atoms with Gasteiger partial charge in [0, 0.05) is 46.0 Å². The predicted molar refractivity (Wildman–Crippen MR) is 88.6 cm³/mol. The highest BCUT2D eigenvalue weighted by molar-refractivity contribution is 5.77. The van der Waals surface area contributed by atoms with Gasteiger partial charge >= 0.3 is 0 Å². The molecule has 2 aliphatic heterocycles. The summed E-state index contributed by atoms with van der Waals surface area (Å²) in [5, 5.41) is 12.9. The van der Waals surface area contributed by atoms with Crippen LogP contribution in [0.25, 0.3) is 0 Å². The van der Waals surface area contributed by atoms with E-state index in [1.165, 1.54) is 20.0 Å². The third kappa shape index (κ3) is 4.19. The van der Waals surface area contributed by atoms with Crippen LogP contribution >= 0.6 is 0 Å². The average molecular weight is 335 g/mol. The van der Waals surface area contributed by atoms with Crippen LogP contribution in [0.4, 0.5) is 5.95 Å². The number of rotatable bonds is 6. The number of nitrogens with one attached hydrogen (secondary N) is 1. The SMILES string of the molecule is COCC(=O)N[C@@H]1CN(Cc2ccnc(N3CCCC3)n2)C[C@H]1O. The predicted octanol–water partition coefficient (Wildman–Crippen LogP) is -0.615. The molecule has 0 bridgehead atoms. The van der Waals surface area contributed by atoms with E-state index in [4.69, 9.17) is 4.74 Å². The minimum Gasteiger partial charge on any atom is -0.390 e. The highest BCUT2D eigenvalue weighted by Crippen LogP contribution is 2.17. The van der Waals surface area contributed by atoms with Crippen molar-refractivity contribution in [2.75, 3.05) is 44.8 Å². The second-order valence-electron chi connectivity index (χ2n) is 6.41. The first-order valence-corrected chi connectivity index (χ1v) is 8.41. The van der Waals surface area contributed by atoms with Crippen LogP contribution in [0.3, 0.4) is 0 Å². The van der Waals surface area contributed by atoms with E-state index in [0.29, 0.717) is 19.6 Å². The molecule has 0 aromatic carbocycles. The zero-order valence-electron chi connectivity index (χ0n) is 14.0. The number of amides is 1. The van der Waals surface area contributed by atoms with Crippen molar-refractivity contribution >= 4 is 11.9 Å². The number of nitrogens with zero attached hydrogens (tertiary/aromatic N) is 4. The fourth-order valence-electron chi connectivity index (χ4n) is 3.29. The van der Waals surface area contributed by atoms with Gasteiger partial charge < -0.3 is 20.1 Å². The topological polar surface area (TPSA) is 90.8 Å². The third-order valence-electron chi connectivity index (χ3n) is 4.46. The van der Waals surface area contributed by atoms with Crippen molar-refractivity contribution in [3.8, 4) is 0 Å². The van der Waals surface area contributed by atoms with E-state index >= 15 is 0 Å². The van der Waals surface area contributed by atoms with E-state index in [2.05, 4.69) is 25.1 Å². The van der Waals surface area contributed by atoms with Gasteiger partial charge in [-0.1, -0.05) is 0 Å². The largest absolute Gasteiger partial charge is 0.390 e. The third-order valence-corrected chi connectivity index (χ3v) is 4.46. The fourth-order valence-corrected chi connectivity index (χ4v) is 3.29. The Hall–Kier alpha value is -1.77. The maximum absolute atomic E-state index is 11.6. The van der Waals surface area contributed by atoms with Crippen LogP contribution in [0.2, 0.25) is 0 Å². The molecule has 8 heteroatoms. The molecule has 1 amide bonds. The van der Waals surface area contributed by atoms with Gasteiger partial charge in [-0.2, -0.15) is 0 Å². The van der Waals surface area contributed by atoms with Crippen LogP contribution in [-0.2, 0) is 16.1 Å². The molecule has 0 spiro atoms. The van der Waals surface area contributed by atoms with E-state index in [1.807, 2.05) is 6.07 Å². The molecular weight excluding hydrogens is 310 g/mol. The molecule has 2 aliphatic rings. The molecule has 0 unspecified atom stereocenters. The summed E-state index contributed by atoms with van der Waals surface area (Å²) >= 11 is 0. The summed E-state index contributed by atoms with van der Waals surface area (Å²) in [6.45, 7) is 3.78. The van der Waals surface area contributed by atoms with Gasteiger partial charge in [0.05, 0.1) is 17.8 Å². The number of methoxy groups -OCH3 is 1. The minimum absolute atomic E-state index is 0.00826. The van der Waals surface area contributed by atoms with Crippen molar-refractivity contribution in [2.45, 2.75) is 31.5 Å². The van der Waals surface area contributed by atoms with Crippen LogP contribution in [0.1, 0.15) is 18.5 Å². The maximum Gasteiger partial charge on any atom is 0.246 e. The molecule has 24 heavy (non-hydrogen) atoms. The highest BCUT2D eigenvalue weighted by atomic mass is 16.5. The fraction of sp³-hybridized carbons (Fsp3) is 0.688. The van der Waals surface area contributed by atoms with Crippen molar-refractivity contribution in [1.82, 2.24) is 20.2 Å². The zero-order valence-corrected chi connectivity index (χ0v) is 14.0. The maximum atomic E-state index is 11.6. The molecule has 0 aliphatic carbocycles. The van der Waals surface area contributed by atoms with E-state index < -0.39 is 6.10 Å². The Morgan fingerprint density at radius 1 is 1.42 bits per heavy atom. The van der Waals surface area contributed by atoms with E-state index in [1.54, 1.807) is 6.20 Å². The van der Waals surface area contributed by atoms with Gasteiger partial charge in [0.2, 0.25) is 11.9 Å². The van der Waals surface area contributed by atoms with Crippen LogP contribution in [-0.4, -0.2) is 77.9 Å². The molecule has 8 nitrogen and oxygen atoms in total. The molecule has 2 N–H and O–H groups in total. The number of β-amino-alcohol motifs (C(OH)–C–C–N with tert-alkyl or cyclic N) is 1. The first kappa shape index (κ1) is 17.1. The van der Waals surface area contributed by atoms with Gasteiger partial charge in [0.25, 0.3) is 0 Å². The van der Waals surface area contributed by atoms with E-state index in [0.717, 1.165) is 24.7 Å².